The van der Waals surface area contributed by atoms with Gasteiger partial charge in [-0.2, -0.15) is 0 Å². The van der Waals surface area contributed by atoms with Crippen molar-refractivity contribution in [3.05, 3.63) is 52.2 Å². The monoisotopic (exact) mass is 402 g/mol. The van der Waals surface area contributed by atoms with E-state index in [0.29, 0.717) is 0 Å². The predicted molar refractivity (Wildman–Crippen MR) is 95.3 cm³/mol. The number of hydrogen-bond acceptors (Lipinski definition) is 3. The van der Waals surface area contributed by atoms with Crippen molar-refractivity contribution in [3.63, 3.8) is 0 Å². The third-order valence-electron chi connectivity index (χ3n) is 3.44. The number of thiazole rings is 1. The molecule has 0 saturated carbocycles. The molecular weight excluding hydrogens is 391 g/mol. The van der Waals surface area contributed by atoms with Gasteiger partial charge in [0.05, 0.1) is 23.0 Å². The van der Waals surface area contributed by atoms with Crippen molar-refractivity contribution < 1.29 is 4.74 Å². The minimum Gasteiger partial charge on any atom is -0.497 e. The van der Waals surface area contributed by atoms with Crippen molar-refractivity contribution in [2.75, 3.05) is 7.11 Å². The molecule has 2 aromatic heterocycles. The maximum Gasteiger partial charge on any atom is 0.195 e. The van der Waals surface area contributed by atoms with Gasteiger partial charge >= 0.3 is 0 Å². The smallest absolute Gasteiger partial charge is 0.195 e. The van der Waals surface area contributed by atoms with Gasteiger partial charge < -0.3 is 4.74 Å². The number of fused-ring (bicyclic) bond motifs is 3. The highest BCUT2D eigenvalue weighted by Crippen LogP contribution is 2.31. The van der Waals surface area contributed by atoms with E-state index < -0.39 is 0 Å². The summed E-state index contributed by atoms with van der Waals surface area (Å²) in [6.45, 7) is 0. The molecule has 0 aliphatic heterocycles. The molecule has 0 bridgehead atoms. The topological polar surface area (TPSA) is 26.5 Å². The fourth-order valence-corrected chi connectivity index (χ4v) is 3.76. The Hall–Kier alpha value is -1.60. The van der Waals surface area contributed by atoms with Crippen molar-refractivity contribution >= 4 is 49.1 Å². The zero-order valence-corrected chi connectivity index (χ0v) is 14.2. The van der Waals surface area contributed by atoms with Crippen molar-refractivity contribution in [2.45, 2.75) is 0 Å². The molecule has 4 aromatic rings. The van der Waals surface area contributed by atoms with Crippen LogP contribution in [0.25, 0.3) is 26.4 Å². The molecule has 0 atom stereocenters. The summed E-state index contributed by atoms with van der Waals surface area (Å²) in [5, 5.41) is 0. The van der Waals surface area contributed by atoms with Crippen LogP contribution in [-0.2, 0) is 0 Å². The molecule has 0 unspecified atom stereocenters. The molecule has 0 radical (unpaired) electrons. The van der Waals surface area contributed by atoms with Gasteiger partial charge in [0.25, 0.3) is 0 Å². The Morgan fingerprint density at radius 3 is 2.71 bits per heavy atom. The first-order valence-corrected chi connectivity index (χ1v) is 8.36. The average molecular weight is 402 g/mol. The lowest BCUT2D eigenvalue weighted by Crippen LogP contribution is -1.82. The Balaban J connectivity index is 1.88. The largest absolute Gasteiger partial charge is 0.497 e. The van der Waals surface area contributed by atoms with Crippen LogP contribution in [0.4, 0.5) is 0 Å². The standard InChI is InChI=1S/C16H11IN2OS/c1-20-12-6-7-14-15(8-12)21-16-18-13(9-19(14)16)10-2-4-11(17)5-3-10/h2-9H,1H3/i17-4. The Bertz CT molecular complexity index is 940. The van der Waals surface area contributed by atoms with E-state index in [2.05, 4.69) is 69.6 Å². The summed E-state index contributed by atoms with van der Waals surface area (Å²) < 4.78 is 9.84. The molecule has 4 rings (SSSR count). The lowest BCUT2D eigenvalue weighted by Gasteiger charge is -1.98. The highest BCUT2D eigenvalue weighted by Gasteiger charge is 2.10. The number of ether oxygens (including phenoxy) is 1. The molecule has 0 fully saturated rings. The molecule has 3 nitrogen and oxygen atoms in total. The summed E-state index contributed by atoms with van der Waals surface area (Å²) in [7, 11) is 1.69. The first kappa shape index (κ1) is 13.1. The molecule has 2 aromatic carbocycles. The zero-order valence-electron chi connectivity index (χ0n) is 11.2. The summed E-state index contributed by atoms with van der Waals surface area (Å²) in [5.41, 5.74) is 3.32. The number of rotatable bonds is 2. The second-order valence-electron chi connectivity index (χ2n) is 4.72. The minimum atomic E-state index is 0.880. The van der Waals surface area contributed by atoms with E-state index in [1.807, 2.05) is 6.07 Å². The first-order chi connectivity index (χ1) is 10.2. The quantitative estimate of drug-likeness (QED) is 0.449. The van der Waals surface area contributed by atoms with E-state index in [0.717, 1.165) is 22.0 Å². The summed E-state index contributed by atoms with van der Waals surface area (Å²) >= 11 is 3.99. The Morgan fingerprint density at radius 2 is 1.95 bits per heavy atom. The van der Waals surface area contributed by atoms with Crippen molar-refractivity contribution in [1.82, 2.24) is 9.38 Å². The molecule has 21 heavy (non-hydrogen) atoms. The first-order valence-electron chi connectivity index (χ1n) is 6.46. The summed E-state index contributed by atoms with van der Waals surface area (Å²) in [6, 6.07) is 14.5. The highest BCUT2D eigenvalue weighted by atomic mass is 123. The molecule has 5 heteroatoms. The number of nitrogens with zero attached hydrogens (tertiary/aromatic N) is 2. The Kier molecular flexibility index (Phi) is 3.11. The van der Waals surface area contributed by atoms with Gasteiger partial charge in [0.2, 0.25) is 0 Å². The third-order valence-corrected chi connectivity index (χ3v) is 5.18. The molecule has 2 heterocycles. The second-order valence-corrected chi connectivity index (χ2v) is 6.98. The van der Waals surface area contributed by atoms with Crippen LogP contribution >= 0.6 is 33.9 Å². The molecule has 0 saturated heterocycles. The van der Waals surface area contributed by atoms with Gasteiger partial charge in [0.1, 0.15) is 5.75 Å². The molecule has 0 spiro atoms. The third kappa shape index (κ3) is 2.20. The number of benzene rings is 2. The molecule has 0 aliphatic rings. The van der Waals surface area contributed by atoms with Crippen LogP contribution in [0, 0.1) is 3.57 Å². The van der Waals surface area contributed by atoms with Gasteiger partial charge in [-0.25, -0.2) is 4.98 Å². The zero-order chi connectivity index (χ0) is 14.4. The number of halogens is 1. The van der Waals surface area contributed by atoms with Crippen LogP contribution in [0.2, 0.25) is 0 Å². The van der Waals surface area contributed by atoms with Crippen LogP contribution in [-0.4, -0.2) is 16.5 Å². The lowest BCUT2D eigenvalue weighted by atomic mass is 10.2. The number of imidazole rings is 1. The average Bonchev–Trinajstić information content (AvgIpc) is 3.04. The summed E-state index contributed by atoms with van der Waals surface area (Å²) in [5.74, 6) is 0.880. The molecule has 104 valence electrons. The molecular formula is C16H11IN2OS. The van der Waals surface area contributed by atoms with E-state index >= 15 is 0 Å². The normalized spacial score (nSPS) is 11.3. The molecule has 0 N–H and O–H groups in total. The van der Waals surface area contributed by atoms with Crippen molar-refractivity contribution in [2.24, 2.45) is 0 Å². The fourth-order valence-electron chi connectivity index (χ4n) is 2.37. The van der Waals surface area contributed by atoms with E-state index in [-0.39, 0.29) is 0 Å². The highest BCUT2D eigenvalue weighted by molar-refractivity contribution is 14.1. The fraction of sp³-hybridized carbons (Fsp3) is 0.0625. The SMILES string of the molecule is COc1ccc2c(c1)sc1nc(-c3ccc([123I])cc3)cn12. The Labute approximate surface area is 139 Å². The maximum absolute atomic E-state index is 5.28. The van der Waals surface area contributed by atoms with Gasteiger partial charge in [-0.1, -0.05) is 23.5 Å². The van der Waals surface area contributed by atoms with Crippen LogP contribution < -0.4 is 4.74 Å². The summed E-state index contributed by atoms with van der Waals surface area (Å²) in [4.78, 5) is 5.75. The second kappa shape index (κ2) is 4.99. The molecule has 0 aliphatic carbocycles. The minimum absolute atomic E-state index is 0.880. The van der Waals surface area contributed by atoms with E-state index in [9.17, 15) is 0 Å². The van der Waals surface area contributed by atoms with Crippen LogP contribution in [0.3, 0.4) is 0 Å². The van der Waals surface area contributed by atoms with E-state index in [1.165, 1.54) is 13.8 Å². The van der Waals surface area contributed by atoms with Gasteiger partial charge in [-0.15, -0.1) is 0 Å². The van der Waals surface area contributed by atoms with Crippen LogP contribution in [0.1, 0.15) is 0 Å². The van der Waals surface area contributed by atoms with Gasteiger partial charge in [0, 0.05) is 15.3 Å². The van der Waals surface area contributed by atoms with Crippen LogP contribution in [0.5, 0.6) is 5.75 Å². The molecule has 0 amide bonds. The van der Waals surface area contributed by atoms with Crippen molar-refractivity contribution in [1.29, 1.82) is 0 Å². The number of hydrogen-bond donors (Lipinski definition) is 0. The Morgan fingerprint density at radius 1 is 1.14 bits per heavy atom. The maximum atomic E-state index is 5.28. The number of aromatic nitrogens is 2. The van der Waals surface area contributed by atoms with E-state index in [4.69, 9.17) is 9.72 Å². The van der Waals surface area contributed by atoms with Gasteiger partial charge in [-0.3, -0.25) is 4.40 Å². The van der Waals surface area contributed by atoms with Gasteiger partial charge in [0.15, 0.2) is 4.96 Å². The van der Waals surface area contributed by atoms with Crippen molar-refractivity contribution in [3.8, 4) is 17.0 Å². The predicted octanol–water partition coefficient (Wildman–Crippen LogP) is 4.83. The van der Waals surface area contributed by atoms with E-state index in [1.54, 1.807) is 18.4 Å². The number of methoxy groups -OCH3 is 1. The van der Waals surface area contributed by atoms with Gasteiger partial charge in [-0.05, 0) is 52.9 Å². The lowest BCUT2D eigenvalue weighted by molar-refractivity contribution is 0.415. The van der Waals surface area contributed by atoms with Crippen LogP contribution in [0.15, 0.2) is 48.7 Å². The summed E-state index contributed by atoms with van der Waals surface area (Å²) in [6.07, 6.45) is 2.10.